The molecule has 0 fully saturated rings. The summed E-state index contributed by atoms with van der Waals surface area (Å²) in [5, 5.41) is 4.02. The summed E-state index contributed by atoms with van der Waals surface area (Å²) in [6, 6.07) is 6.36. The lowest BCUT2D eigenvalue weighted by Gasteiger charge is -2.24. The summed E-state index contributed by atoms with van der Waals surface area (Å²) in [6.07, 6.45) is 1.74. The zero-order valence-corrected chi connectivity index (χ0v) is 13.1. The number of hydrogen-bond donors (Lipinski definition) is 1. The number of thioether (sulfide) groups is 1. The van der Waals surface area contributed by atoms with Crippen LogP contribution < -0.4 is 5.73 Å². The molecule has 0 saturated carbocycles. The molecule has 0 unspecified atom stereocenters. The monoisotopic (exact) mass is 309 g/mol. The predicted octanol–water partition coefficient (Wildman–Crippen LogP) is 3.52. The molecule has 1 aromatic carbocycles. The summed E-state index contributed by atoms with van der Waals surface area (Å²) < 4.78 is 18.2. The van der Waals surface area contributed by atoms with E-state index in [0.29, 0.717) is 24.0 Å². The highest BCUT2D eigenvalue weighted by Crippen LogP contribution is 2.30. The fourth-order valence-corrected chi connectivity index (χ4v) is 2.88. The van der Waals surface area contributed by atoms with E-state index in [9.17, 15) is 4.39 Å². The molecule has 1 aromatic heterocycles. The maximum absolute atomic E-state index is 12.8. The van der Waals surface area contributed by atoms with Crippen molar-refractivity contribution in [2.24, 2.45) is 5.73 Å². The summed E-state index contributed by atoms with van der Waals surface area (Å²) in [5.41, 5.74) is 5.65. The van der Waals surface area contributed by atoms with E-state index >= 15 is 0 Å². The van der Waals surface area contributed by atoms with Gasteiger partial charge in [-0.3, -0.25) is 0 Å². The fourth-order valence-electron chi connectivity index (χ4n) is 2.14. The van der Waals surface area contributed by atoms with Crippen LogP contribution in [0.2, 0.25) is 0 Å². The van der Waals surface area contributed by atoms with Crippen molar-refractivity contribution in [2.75, 3.05) is 6.54 Å². The first-order valence-corrected chi connectivity index (χ1v) is 8.03. The smallest absolute Gasteiger partial charge is 0.234 e. The van der Waals surface area contributed by atoms with Gasteiger partial charge in [0.2, 0.25) is 5.89 Å². The second-order valence-electron chi connectivity index (χ2n) is 4.95. The first kappa shape index (κ1) is 16.0. The van der Waals surface area contributed by atoms with Gasteiger partial charge in [-0.05, 0) is 37.1 Å². The van der Waals surface area contributed by atoms with Crippen LogP contribution in [0.25, 0.3) is 0 Å². The van der Waals surface area contributed by atoms with E-state index in [4.69, 9.17) is 10.3 Å². The van der Waals surface area contributed by atoms with Crippen LogP contribution in [0, 0.1) is 5.82 Å². The Morgan fingerprint density at radius 3 is 2.48 bits per heavy atom. The van der Waals surface area contributed by atoms with E-state index in [1.54, 1.807) is 23.9 Å². The van der Waals surface area contributed by atoms with Crippen molar-refractivity contribution in [3.8, 4) is 0 Å². The van der Waals surface area contributed by atoms with Crippen LogP contribution in [-0.2, 0) is 11.2 Å². The Kier molecular flexibility index (Phi) is 5.36. The second kappa shape index (κ2) is 7.04. The molecular weight excluding hydrogens is 289 g/mol. The average Bonchev–Trinajstić information content (AvgIpc) is 2.99. The highest BCUT2D eigenvalue weighted by atomic mass is 32.2. The molecule has 21 heavy (non-hydrogen) atoms. The lowest BCUT2D eigenvalue weighted by molar-refractivity contribution is 0.266. The maximum atomic E-state index is 12.8. The molecule has 1 heterocycles. The molecule has 0 aliphatic carbocycles. The number of aromatic nitrogens is 2. The van der Waals surface area contributed by atoms with Gasteiger partial charge in [0.25, 0.3) is 0 Å². The first-order chi connectivity index (χ1) is 10.1. The molecule has 0 radical (unpaired) electrons. The van der Waals surface area contributed by atoms with Crippen LogP contribution in [0.5, 0.6) is 0 Å². The Balaban J connectivity index is 2.04. The Morgan fingerprint density at radius 2 is 1.90 bits per heavy atom. The minimum Gasteiger partial charge on any atom is -0.339 e. The maximum Gasteiger partial charge on any atom is 0.234 e. The number of nitrogens with two attached hydrogens (primary N) is 1. The normalized spacial score (nSPS) is 11.8. The van der Waals surface area contributed by atoms with Gasteiger partial charge in [-0.15, -0.1) is 11.8 Å². The molecule has 0 aliphatic heterocycles. The summed E-state index contributed by atoms with van der Waals surface area (Å²) in [4.78, 5) is 5.45. The lowest BCUT2D eigenvalue weighted by atomic mass is 9.82. The summed E-state index contributed by atoms with van der Waals surface area (Å²) in [6.45, 7) is 4.65. The van der Waals surface area contributed by atoms with Crippen molar-refractivity contribution < 1.29 is 8.91 Å². The highest BCUT2D eigenvalue weighted by Gasteiger charge is 2.33. The van der Waals surface area contributed by atoms with E-state index in [-0.39, 0.29) is 11.2 Å². The quantitative estimate of drug-likeness (QED) is 0.793. The van der Waals surface area contributed by atoms with Crippen LogP contribution in [0.4, 0.5) is 4.39 Å². The van der Waals surface area contributed by atoms with Gasteiger partial charge in [-0.25, -0.2) is 4.39 Å². The standard InChI is InChI=1S/C15H20FN3OS/c1-3-15(4-2,10-17)14-18-13(19-20-14)9-21-12-7-5-11(16)6-8-12/h5-8H,3-4,9-10,17H2,1-2H3. The molecule has 114 valence electrons. The van der Waals surface area contributed by atoms with Gasteiger partial charge < -0.3 is 10.3 Å². The Hall–Kier alpha value is -1.40. The van der Waals surface area contributed by atoms with Gasteiger partial charge in [-0.1, -0.05) is 19.0 Å². The average molecular weight is 309 g/mol. The lowest BCUT2D eigenvalue weighted by Crippen LogP contribution is -2.34. The van der Waals surface area contributed by atoms with Gasteiger partial charge in [0.15, 0.2) is 5.82 Å². The van der Waals surface area contributed by atoms with Crippen LogP contribution in [-0.4, -0.2) is 16.7 Å². The first-order valence-electron chi connectivity index (χ1n) is 7.05. The molecule has 6 heteroatoms. The van der Waals surface area contributed by atoms with Crippen molar-refractivity contribution in [3.05, 3.63) is 41.8 Å². The van der Waals surface area contributed by atoms with Crippen LogP contribution in [0.1, 0.15) is 38.4 Å². The van der Waals surface area contributed by atoms with Crippen LogP contribution in [0.15, 0.2) is 33.7 Å². The fraction of sp³-hybridized carbons (Fsp3) is 0.467. The molecule has 2 N–H and O–H groups in total. The van der Waals surface area contributed by atoms with Gasteiger partial charge in [0, 0.05) is 11.4 Å². The molecule has 4 nitrogen and oxygen atoms in total. The van der Waals surface area contributed by atoms with Crippen molar-refractivity contribution in [1.82, 2.24) is 10.1 Å². The Labute approximate surface area is 128 Å². The third kappa shape index (κ3) is 3.63. The van der Waals surface area contributed by atoms with Crippen molar-refractivity contribution in [3.63, 3.8) is 0 Å². The molecular formula is C15H20FN3OS. The van der Waals surface area contributed by atoms with Crippen LogP contribution in [0.3, 0.4) is 0 Å². The van der Waals surface area contributed by atoms with Crippen molar-refractivity contribution in [2.45, 2.75) is 42.8 Å². The SMILES string of the molecule is CCC(CC)(CN)c1nc(CSc2ccc(F)cc2)no1. The minimum absolute atomic E-state index is 0.230. The van der Waals surface area contributed by atoms with E-state index in [1.807, 2.05) is 0 Å². The molecule has 2 aromatic rings. The summed E-state index contributed by atoms with van der Waals surface area (Å²) >= 11 is 1.55. The van der Waals surface area contributed by atoms with E-state index < -0.39 is 0 Å². The zero-order chi connectivity index (χ0) is 15.3. The summed E-state index contributed by atoms with van der Waals surface area (Å²) in [7, 11) is 0. The van der Waals surface area contributed by atoms with Crippen molar-refractivity contribution >= 4 is 11.8 Å². The zero-order valence-electron chi connectivity index (χ0n) is 12.3. The van der Waals surface area contributed by atoms with Gasteiger partial charge in [0.1, 0.15) is 5.82 Å². The third-order valence-electron chi connectivity index (χ3n) is 3.85. The third-order valence-corrected chi connectivity index (χ3v) is 4.86. The van der Waals surface area contributed by atoms with E-state index in [2.05, 4.69) is 24.0 Å². The second-order valence-corrected chi connectivity index (χ2v) is 6.00. The molecule has 0 amide bonds. The topological polar surface area (TPSA) is 64.9 Å². The highest BCUT2D eigenvalue weighted by molar-refractivity contribution is 7.98. The number of nitrogens with zero attached hydrogens (tertiary/aromatic N) is 2. The summed E-state index contributed by atoms with van der Waals surface area (Å²) in [5.74, 6) is 1.60. The molecule has 0 saturated heterocycles. The Morgan fingerprint density at radius 1 is 1.24 bits per heavy atom. The predicted molar refractivity (Wildman–Crippen MR) is 81.6 cm³/mol. The van der Waals surface area contributed by atoms with E-state index in [1.165, 1.54) is 12.1 Å². The number of benzene rings is 1. The number of hydrogen-bond acceptors (Lipinski definition) is 5. The van der Waals surface area contributed by atoms with Gasteiger partial charge in [0.05, 0.1) is 11.2 Å². The minimum atomic E-state index is -0.236. The molecule has 2 rings (SSSR count). The van der Waals surface area contributed by atoms with Crippen molar-refractivity contribution in [1.29, 1.82) is 0 Å². The van der Waals surface area contributed by atoms with E-state index in [0.717, 1.165) is 17.7 Å². The molecule has 0 spiro atoms. The van der Waals surface area contributed by atoms with Gasteiger partial charge in [-0.2, -0.15) is 4.98 Å². The van der Waals surface area contributed by atoms with Crippen LogP contribution >= 0.6 is 11.8 Å². The molecule has 0 bridgehead atoms. The Bertz CT molecular complexity index is 558. The van der Waals surface area contributed by atoms with Gasteiger partial charge >= 0.3 is 0 Å². The largest absolute Gasteiger partial charge is 0.339 e. The number of halogens is 1. The number of rotatable bonds is 7. The molecule has 0 atom stereocenters. The molecule has 0 aliphatic rings.